The molecule has 0 aromatic heterocycles. The van der Waals surface area contributed by atoms with Gasteiger partial charge in [0.15, 0.2) is 6.29 Å². The summed E-state index contributed by atoms with van der Waals surface area (Å²) < 4.78 is 15.8. The topological polar surface area (TPSA) is 27.7 Å². The van der Waals surface area contributed by atoms with Crippen LogP contribution in [0, 0.1) is 6.92 Å². The quantitative estimate of drug-likeness (QED) is 0.467. The van der Waals surface area contributed by atoms with E-state index < -0.39 is 0 Å². The lowest BCUT2D eigenvalue weighted by molar-refractivity contribution is -0.146. The van der Waals surface area contributed by atoms with Gasteiger partial charge in [0.1, 0.15) is 13.0 Å². The normalized spacial score (nSPS) is 47.0. The minimum absolute atomic E-state index is 0.135. The van der Waals surface area contributed by atoms with Crippen LogP contribution in [0.2, 0.25) is 0 Å². The van der Waals surface area contributed by atoms with E-state index in [2.05, 4.69) is 6.92 Å². The van der Waals surface area contributed by atoms with Crippen LogP contribution in [-0.4, -0.2) is 25.3 Å². The van der Waals surface area contributed by atoms with Crippen molar-refractivity contribution in [3.8, 4) is 0 Å². The van der Waals surface area contributed by atoms with Crippen molar-refractivity contribution in [2.45, 2.75) is 31.5 Å². The summed E-state index contributed by atoms with van der Waals surface area (Å²) in [5, 5.41) is 0. The highest BCUT2D eigenvalue weighted by molar-refractivity contribution is 4.74. The van der Waals surface area contributed by atoms with Crippen LogP contribution in [0.25, 0.3) is 0 Å². The molecule has 0 N–H and O–H groups in total. The second-order valence-corrected chi connectivity index (χ2v) is 2.62. The van der Waals surface area contributed by atoms with Crippen LogP contribution in [-0.2, 0) is 14.2 Å². The first-order valence-electron chi connectivity index (χ1n) is 3.62. The van der Waals surface area contributed by atoms with Crippen molar-refractivity contribution < 1.29 is 14.2 Å². The zero-order chi connectivity index (χ0) is 6.97. The van der Waals surface area contributed by atoms with Crippen LogP contribution in [0.15, 0.2) is 0 Å². The van der Waals surface area contributed by atoms with E-state index in [0.29, 0.717) is 0 Å². The van der Waals surface area contributed by atoms with Gasteiger partial charge in [0.05, 0.1) is 0 Å². The molecule has 2 fully saturated rings. The van der Waals surface area contributed by atoms with Gasteiger partial charge < -0.3 is 9.47 Å². The van der Waals surface area contributed by atoms with Crippen LogP contribution < -0.4 is 0 Å². The third-order valence-electron chi connectivity index (χ3n) is 1.83. The lowest BCUT2D eigenvalue weighted by Crippen LogP contribution is -2.30. The van der Waals surface area contributed by atoms with E-state index in [1.54, 1.807) is 0 Å². The third-order valence-corrected chi connectivity index (χ3v) is 1.83. The molecule has 0 aromatic carbocycles. The van der Waals surface area contributed by atoms with Gasteiger partial charge >= 0.3 is 6.29 Å². The van der Waals surface area contributed by atoms with Crippen molar-refractivity contribution in [1.82, 2.24) is 0 Å². The van der Waals surface area contributed by atoms with Gasteiger partial charge in [-0.25, -0.2) is 0 Å². The van der Waals surface area contributed by atoms with Crippen LogP contribution in [0.1, 0.15) is 12.8 Å². The average molecular weight is 143 g/mol. The van der Waals surface area contributed by atoms with Crippen LogP contribution >= 0.6 is 0 Å². The molecule has 0 saturated carbocycles. The smallest absolute Gasteiger partial charge is 0.307 e. The van der Waals surface area contributed by atoms with Crippen molar-refractivity contribution in [3.63, 3.8) is 0 Å². The molecule has 2 rings (SSSR count). The molecule has 2 aliphatic rings. The van der Waals surface area contributed by atoms with Gasteiger partial charge in [-0.1, -0.05) is 0 Å². The summed E-state index contributed by atoms with van der Waals surface area (Å²) in [7, 11) is 0. The van der Waals surface area contributed by atoms with E-state index in [9.17, 15) is 0 Å². The Kier molecular flexibility index (Phi) is 1.56. The molecule has 0 bridgehead atoms. The minimum Gasteiger partial charge on any atom is -0.350 e. The number of fused-ring (bicyclic) bond motifs is 1. The highest BCUT2D eigenvalue weighted by Gasteiger charge is 2.39. The number of ether oxygens (including phenoxy) is 3. The van der Waals surface area contributed by atoms with Crippen LogP contribution in [0.5, 0.6) is 0 Å². The van der Waals surface area contributed by atoms with Crippen molar-refractivity contribution >= 4 is 0 Å². The Bertz CT molecular complexity index is 112. The van der Waals surface area contributed by atoms with Gasteiger partial charge in [0, 0.05) is 6.61 Å². The highest BCUT2D eigenvalue weighted by atomic mass is 16.8. The molecule has 3 heteroatoms. The zero-order valence-corrected chi connectivity index (χ0v) is 5.79. The summed E-state index contributed by atoms with van der Waals surface area (Å²) in [5.74, 6) is 0. The molecule has 0 spiro atoms. The fraction of sp³-hybridized carbons (Fsp3) is 0.857. The maximum Gasteiger partial charge on any atom is 0.307 e. The van der Waals surface area contributed by atoms with E-state index in [-0.39, 0.29) is 18.7 Å². The maximum atomic E-state index is 5.31. The van der Waals surface area contributed by atoms with Gasteiger partial charge in [-0.2, -0.15) is 0 Å². The predicted molar refractivity (Wildman–Crippen MR) is 34.1 cm³/mol. The van der Waals surface area contributed by atoms with Gasteiger partial charge in [-0.3, -0.25) is 4.74 Å². The summed E-state index contributed by atoms with van der Waals surface area (Å²) in [4.78, 5) is 0. The molecule has 0 amide bonds. The molecule has 56 valence electrons. The fourth-order valence-corrected chi connectivity index (χ4v) is 1.36. The Balaban J connectivity index is 1.97. The standard InChI is InChI=1S/C7H11O3/c1-5-9-6-3-2-4-8-7(6)10-5/h5-7H,1-4H2/q+1/t5?,6-,7+/m0/s1. The molecule has 3 atom stereocenters. The molecule has 2 aliphatic heterocycles. The first-order chi connectivity index (χ1) is 4.86. The Morgan fingerprint density at radius 2 is 2.20 bits per heavy atom. The minimum atomic E-state index is -0.326. The summed E-state index contributed by atoms with van der Waals surface area (Å²) in [5.41, 5.74) is 0. The fourth-order valence-electron chi connectivity index (χ4n) is 1.36. The number of hydrogen-bond donors (Lipinski definition) is 0. The molecule has 1 unspecified atom stereocenters. The third kappa shape index (κ3) is 1.00. The van der Waals surface area contributed by atoms with Gasteiger partial charge in [0.2, 0.25) is 0 Å². The predicted octanol–water partition coefficient (Wildman–Crippen LogP) is 0.698. The molecule has 0 radical (unpaired) electrons. The molecule has 3 nitrogen and oxygen atoms in total. The molecule has 2 saturated heterocycles. The van der Waals surface area contributed by atoms with Crippen molar-refractivity contribution in [2.24, 2.45) is 0 Å². The first kappa shape index (κ1) is 6.46. The number of rotatable bonds is 0. The van der Waals surface area contributed by atoms with Crippen LogP contribution in [0.4, 0.5) is 0 Å². The second-order valence-electron chi connectivity index (χ2n) is 2.62. The molecular weight excluding hydrogens is 132 g/mol. The average Bonchev–Trinajstić information content (AvgIpc) is 2.27. The monoisotopic (exact) mass is 143 g/mol. The molecular formula is C7H11O3+. The maximum absolute atomic E-state index is 5.31. The lowest BCUT2D eigenvalue weighted by Gasteiger charge is -2.21. The Labute approximate surface area is 60.3 Å². The largest absolute Gasteiger partial charge is 0.350 e. The van der Waals surface area contributed by atoms with E-state index >= 15 is 0 Å². The summed E-state index contributed by atoms with van der Waals surface area (Å²) in [6.07, 6.45) is 1.77. The van der Waals surface area contributed by atoms with Crippen molar-refractivity contribution in [2.75, 3.05) is 6.61 Å². The van der Waals surface area contributed by atoms with E-state index in [1.807, 2.05) is 0 Å². The van der Waals surface area contributed by atoms with Gasteiger partial charge in [-0.05, 0) is 12.8 Å². The SMILES string of the molecule is [CH2+]C1O[C@H]2OCCC[C@@H]2O1. The summed E-state index contributed by atoms with van der Waals surface area (Å²) >= 11 is 0. The zero-order valence-electron chi connectivity index (χ0n) is 5.79. The van der Waals surface area contributed by atoms with E-state index in [0.717, 1.165) is 19.4 Å². The summed E-state index contributed by atoms with van der Waals surface area (Å²) in [6.45, 7) is 4.43. The first-order valence-corrected chi connectivity index (χ1v) is 3.62. The van der Waals surface area contributed by atoms with E-state index in [1.165, 1.54) is 0 Å². The van der Waals surface area contributed by atoms with Gasteiger partial charge in [-0.15, -0.1) is 0 Å². The molecule has 2 heterocycles. The summed E-state index contributed by atoms with van der Waals surface area (Å²) in [6, 6.07) is 0. The Morgan fingerprint density at radius 1 is 1.30 bits per heavy atom. The Morgan fingerprint density at radius 3 is 3.00 bits per heavy atom. The Hall–Kier alpha value is -0.250. The van der Waals surface area contributed by atoms with Crippen molar-refractivity contribution in [3.05, 3.63) is 6.92 Å². The van der Waals surface area contributed by atoms with Crippen LogP contribution in [0.3, 0.4) is 0 Å². The lowest BCUT2D eigenvalue weighted by atomic mass is 10.1. The second kappa shape index (κ2) is 2.42. The van der Waals surface area contributed by atoms with Crippen molar-refractivity contribution in [1.29, 1.82) is 0 Å². The highest BCUT2D eigenvalue weighted by Crippen LogP contribution is 2.26. The molecule has 0 aromatic rings. The molecule has 0 aliphatic carbocycles. The number of hydrogen-bond acceptors (Lipinski definition) is 3. The molecule has 10 heavy (non-hydrogen) atoms. The van der Waals surface area contributed by atoms with Gasteiger partial charge in [0.25, 0.3) is 0 Å². The van der Waals surface area contributed by atoms with E-state index in [4.69, 9.17) is 14.2 Å².